The molecule has 5 heteroatoms. The van der Waals surface area contributed by atoms with Crippen LogP contribution in [0.25, 0.3) is 78.0 Å². The number of aromatic nitrogens is 3. The number of nitrogens with zero attached hydrogens (tertiary/aromatic N) is 3. The van der Waals surface area contributed by atoms with Crippen molar-refractivity contribution in [1.29, 1.82) is 0 Å². The molecule has 1 aromatic heterocycles. The standard InChI is InChI=1S/C44H34N3OP/c1-2-27-49(48)35-22-14-20-33(29-35)41-38-25-11-9-23-36(38)40(37-24-10-12-26-39(37)41)32-19-13-21-34(28-32)44-46-42(30-15-5-3-6-16-30)45-43(47-44)31-17-7-4-8-18-31/h3-26,28-29,49H,2,27H2,1H3. The Balaban J connectivity index is 1.33. The van der Waals surface area contributed by atoms with Crippen LogP contribution in [0.1, 0.15) is 13.3 Å². The van der Waals surface area contributed by atoms with Crippen LogP contribution in [0, 0.1) is 0 Å². The molecule has 8 rings (SSSR count). The topological polar surface area (TPSA) is 55.7 Å². The lowest BCUT2D eigenvalue weighted by Gasteiger charge is -2.18. The highest BCUT2D eigenvalue weighted by Crippen LogP contribution is 2.44. The van der Waals surface area contributed by atoms with E-state index in [0.717, 1.165) is 78.4 Å². The molecule has 0 amide bonds. The van der Waals surface area contributed by atoms with Gasteiger partial charge in [-0.2, -0.15) is 0 Å². The molecule has 49 heavy (non-hydrogen) atoms. The van der Waals surface area contributed by atoms with Crippen LogP contribution in [0.2, 0.25) is 0 Å². The first-order valence-corrected chi connectivity index (χ1v) is 18.3. The van der Waals surface area contributed by atoms with Gasteiger partial charge >= 0.3 is 0 Å². The summed E-state index contributed by atoms with van der Waals surface area (Å²) in [4.78, 5) is 14.9. The van der Waals surface area contributed by atoms with Gasteiger partial charge in [-0.15, -0.1) is 0 Å². The molecule has 0 fully saturated rings. The van der Waals surface area contributed by atoms with E-state index in [9.17, 15) is 4.57 Å². The second-order valence-electron chi connectivity index (χ2n) is 12.2. The predicted molar refractivity (Wildman–Crippen MR) is 206 cm³/mol. The van der Waals surface area contributed by atoms with E-state index in [2.05, 4.69) is 91.9 Å². The number of benzene rings is 7. The molecule has 0 saturated carbocycles. The fraction of sp³-hybridized carbons (Fsp3) is 0.0682. The third kappa shape index (κ3) is 5.97. The van der Waals surface area contributed by atoms with Crippen LogP contribution in [-0.4, -0.2) is 21.1 Å². The van der Waals surface area contributed by atoms with E-state index in [4.69, 9.17) is 15.0 Å². The molecule has 0 aliphatic carbocycles. The molecule has 0 aliphatic rings. The lowest BCUT2D eigenvalue weighted by molar-refractivity contribution is 0.592. The van der Waals surface area contributed by atoms with Gasteiger partial charge in [-0.25, -0.2) is 15.0 Å². The average molecular weight is 652 g/mol. The fourth-order valence-electron chi connectivity index (χ4n) is 6.72. The van der Waals surface area contributed by atoms with E-state index in [1.807, 2.05) is 72.8 Å². The van der Waals surface area contributed by atoms with Crippen molar-refractivity contribution in [3.8, 4) is 56.4 Å². The van der Waals surface area contributed by atoms with Crippen molar-refractivity contribution in [1.82, 2.24) is 15.0 Å². The zero-order chi connectivity index (χ0) is 33.2. The average Bonchev–Trinajstić information content (AvgIpc) is 3.17. The molecule has 0 spiro atoms. The summed E-state index contributed by atoms with van der Waals surface area (Å²) in [6.45, 7) is 2.09. The SMILES string of the molecule is CCC[PH](=O)c1cccc(-c2c3ccccc3c(-c3cccc(-c4nc(-c5ccccc5)nc(-c5ccccc5)n4)c3)c3ccccc23)c1. The molecule has 0 saturated heterocycles. The first-order valence-electron chi connectivity index (χ1n) is 16.7. The summed E-state index contributed by atoms with van der Waals surface area (Å²) in [6.07, 6.45) is 1.64. The van der Waals surface area contributed by atoms with E-state index in [1.54, 1.807) is 0 Å². The van der Waals surface area contributed by atoms with E-state index in [1.165, 1.54) is 0 Å². The Morgan fingerprint density at radius 1 is 0.429 bits per heavy atom. The minimum absolute atomic E-state index is 0.624. The van der Waals surface area contributed by atoms with Crippen molar-refractivity contribution in [2.45, 2.75) is 13.3 Å². The molecule has 7 aromatic carbocycles. The molecule has 0 aliphatic heterocycles. The van der Waals surface area contributed by atoms with Gasteiger partial charge in [0.25, 0.3) is 0 Å². The molecule has 0 N–H and O–H groups in total. The zero-order valence-corrected chi connectivity index (χ0v) is 28.2. The van der Waals surface area contributed by atoms with Crippen LogP contribution in [0.3, 0.4) is 0 Å². The summed E-state index contributed by atoms with van der Waals surface area (Å²) in [7, 11) is -1.84. The summed E-state index contributed by atoms with van der Waals surface area (Å²) >= 11 is 0. The first kappa shape index (κ1) is 30.6. The number of hydrogen-bond acceptors (Lipinski definition) is 4. The quantitative estimate of drug-likeness (QED) is 0.121. The Morgan fingerprint density at radius 2 is 0.816 bits per heavy atom. The van der Waals surface area contributed by atoms with E-state index >= 15 is 0 Å². The Hall–Kier alpha value is -5.70. The number of rotatable bonds is 8. The number of hydrogen-bond donors (Lipinski definition) is 0. The zero-order valence-electron chi connectivity index (χ0n) is 27.2. The number of fused-ring (bicyclic) bond motifs is 2. The van der Waals surface area contributed by atoms with Crippen LogP contribution in [0.15, 0.2) is 158 Å². The summed E-state index contributed by atoms with van der Waals surface area (Å²) < 4.78 is 13.1. The highest BCUT2D eigenvalue weighted by atomic mass is 31.1. The molecular weight excluding hydrogens is 617 g/mol. The van der Waals surface area contributed by atoms with Crippen molar-refractivity contribution in [3.63, 3.8) is 0 Å². The van der Waals surface area contributed by atoms with Gasteiger partial charge in [0, 0.05) is 28.2 Å². The second-order valence-corrected chi connectivity index (χ2v) is 14.1. The molecule has 0 radical (unpaired) electrons. The van der Waals surface area contributed by atoms with Crippen molar-refractivity contribution in [2.75, 3.05) is 6.16 Å². The summed E-state index contributed by atoms with van der Waals surface area (Å²) in [5.41, 5.74) is 7.30. The molecule has 0 bridgehead atoms. The van der Waals surface area contributed by atoms with Crippen molar-refractivity contribution < 1.29 is 4.57 Å². The lowest BCUT2D eigenvalue weighted by atomic mass is 9.85. The smallest absolute Gasteiger partial charge is 0.164 e. The highest BCUT2D eigenvalue weighted by molar-refractivity contribution is 7.53. The van der Waals surface area contributed by atoms with Crippen LogP contribution < -0.4 is 5.30 Å². The summed E-state index contributed by atoms with van der Waals surface area (Å²) in [6, 6.07) is 54.3. The van der Waals surface area contributed by atoms with Crippen LogP contribution in [-0.2, 0) is 4.57 Å². The molecule has 1 unspecified atom stereocenters. The third-order valence-electron chi connectivity index (χ3n) is 8.99. The maximum absolute atomic E-state index is 13.1. The molecular formula is C44H34N3OP. The van der Waals surface area contributed by atoms with Gasteiger partial charge in [-0.1, -0.05) is 153 Å². The molecule has 8 aromatic rings. The normalized spacial score (nSPS) is 11.9. The monoisotopic (exact) mass is 651 g/mol. The second kappa shape index (κ2) is 13.4. The van der Waals surface area contributed by atoms with Gasteiger partial charge in [-0.05, 0) is 62.4 Å². The molecule has 1 heterocycles. The lowest BCUT2D eigenvalue weighted by Crippen LogP contribution is -2.00. The highest BCUT2D eigenvalue weighted by Gasteiger charge is 2.19. The van der Waals surface area contributed by atoms with Crippen molar-refractivity contribution in [3.05, 3.63) is 158 Å². The van der Waals surface area contributed by atoms with Crippen LogP contribution in [0.4, 0.5) is 0 Å². The van der Waals surface area contributed by atoms with Crippen LogP contribution in [0.5, 0.6) is 0 Å². The van der Waals surface area contributed by atoms with E-state index in [0.29, 0.717) is 17.5 Å². The Kier molecular flexibility index (Phi) is 8.39. The largest absolute Gasteiger partial charge is 0.322 e. The first-order chi connectivity index (χ1) is 24.2. The molecule has 236 valence electrons. The molecule has 4 nitrogen and oxygen atoms in total. The maximum Gasteiger partial charge on any atom is 0.164 e. The van der Waals surface area contributed by atoms with Gasteiger partial charge in [0.2, 0.25) is 0 Å². The van der Waals surface area contributed by atoms with Gasteiger partial charge in [0.15, 0.2) is 17.5 Å². The van der Waals surface area contributed by atoms with Crippen molar-refractivity contribution >= 4 is 34.7 Å². The summed E-state index contributed by atoms with van der Waals surface area (Å²) in [5.74, 6) is 1.90. The minimum atomic E-state index is -1.84. The van der Waals surface area contributed by atoms with Gasteiger partial charge in [0.05, 0.1) is 0 Å². The molecule has 1 atom stereocenters. The summed E-state index contributed by atoms with van der Waals surface area (Å²) in [5, 5.41) is 5.58. The minimum Gasteiger partial charge on any atom is -0.322 e. The Morgan fingerprint density at radius 3 is 1.31 bits per heavy atom. The van der Waals surface area contributed by atoms with Crippen LogP contribution >= 0.6 is 7.80 Å². The van der Waals surface area contributed by atoms with Gasteiger partial charge < -0.3 is 4.57 Å². The van der Waals surface area contributed by atoms with Gasteiger partial charge in [0.1, 0.15) is 7.80 Å². The third-order valence-corrected chi connectivity index (χ3v) is 10.9. The fourth-order valence-corrected chi connectivity index (χ4v) is 8.06. The predicted octanol–water partition coefficient (Wildman–Crippen LogP) is 11.1. The van der Waals surface area contributed by atoms with E-state index in [-0.39, 0.29) is 0 Å². The van der Waals surface area contributed by atoms with Gasteiger partial charge in [-0.3, -0.25) is 0 Å². The Bertz CT molecular complexity index is 2360. The van der Waals surface area contributed by atoms with E-state index < -0.39 is 7.80 Å². The Labute approximate surface area is 287 Å². The van der Waals surface area contributed by atoms with Crippen molar-refractivity contribution in [2.24, 2.45) is 0 Å². The maximum atomic E-state index is 13.1.